The van der Waals surface area contributed by atoms with Gasteiger partial charge in [-0.25, -0.2) is 9.97 Å². The largest absolute Gasteiger partial charge is 0.507 e. The molecular formula is C26H18N2O2S2Sc. The fraction of sp³-hybridized carbons (Fsp3) is 0. The van der Waals surface area contributed by atoms with Crippen molar-refractivity contribution >= 4 is 43.1 Å². The molecule has 0 atom stereocenters. The van der Waals surface area contributed by atoms with Gasteiger partial charge in [0, 0.05) is 25.8 Å². The Morgan fingerprint density at radius 3 is 1.24 bits per heavy atom. The Labute approximate surface area is 217 Å². The molecule has 0 unspecified atom stereocenters. The number of phenolic OH excluding ortho intramolecular Hbond substituents is 2. The van der Waals surface area contributed by atoms with Gasteiger partial charge >= 0.3 is 0 Å². The van der Waals surface area contributed by atoms with E-state index in [1.165, 1.54) is 0 Å². The van der Waals surface area contributed by atoms with Gasteiger partial charge in [0.1, 0.15) is 21.5 Å². The fourth-order valence-electron chi connectivity index (χ4n) is 3.28. The van der Waals surface area contributed by atoms with Gasteiger partial charge in [-0.15, -0.1) is 22.7 Å². The molecule has 0 amide bonds. The van der Waals surface area contributed by atoms with Gasteiger partial charge in [-0.3, -0.25) is 0 Å². The van der Waals surface area contributed by atoms with E-state index in [1.807, 2.05) is 84.9 Å². The molecular weight excluding hydrogens is 481 g/mol. The average Bonchev–Trinajstić information content (AvgIpc) is 3.44. The number of hydrogen-bond donors (Lipinski definition) is 2. The number of nitrogens with zero attached hydrogens (tertiary/aromatic N) is 2. The summed E-state index contributed by atoms with van der Waals surface area (Å²) in [6.07, 6.45) is 0. The Morgan fingerprint density at radius 2 is 0.848 bits per heavy atom. The Bertz CT molecular complexity index is 1350. The molecule has 0 bridgehead atoms. The van der Waals surface area contributed by atoms with Crippen LogP contribution in [0, 0.1) is 0 Å². The van der Waals surface area contributed by atoms with E-state index in [-0.39, 0.29) is 37.3 Å². The van der Waals surface area contributed by atoms with Crippen molar-refractivity contribution in [2.24, 2.45) is 0 Å². The van der Waals surface area contributed by atoms with Crippen molar-refractivity contribution in [3.05, 3.63) is 97.1 Å². The number of phenols is 2. The molecule has 0 aliphatic carbocycles. The van der Waals surface area contributed by atoms with Crippen LogP contribution in [-0.4, -0.2) is 20.2 Å². The van der Waals surface area contributed by atoms with Crippen molar-refractivity contribution in [1.82, 2.24) is 9.97 Å². The minimum Gasteiger partial charge on any atom is -0.507 e. The van der Waals surface area contributed by atoms with E-state index in [1.54, 1.807) is 34.8 Å². The predicted molar refractivity (Wildman–Crippen MR) is 133 cm³/mol. The first kappa shape index (κ1) is 23.3. The van der Waals surface area contributed by atoms with Crippen LogP contribution >= 0.6 is 22.7 Å². The molecule has 0 saturated heterocycles. The first-order valence-corrected chi connectivity index (χ1v) is 11.6. The molecule has 4 aromatic carbocycles. The second kappa shape index (κ2) is 10.4. The first-order chi connectivity index (χ1) is 15.7. The maximum Gasteiger partial charge on any atom is 0.128 e. The second-order valence-corrected chi connectivity index (χ2v) is 9.07. The molecule has 159 valence electrons. The quantitative estimate of drug-likeness (QED) is 0.262. The fourth-order valence-corrected chi connectivity index (χ4v) is 5.28. The molecule has 4 nitrogen and oxygen atoms in total. The SMILES string of the molecule is Oc1ccccc1-c1nc2ccccc2s1.Oc1ccccc1-c1nc2ccccc2s1.[Sc]. The Hall–Kier alpha value is -2.87. The van der Waals surface area contributed by atoms with Gasteiger partial charge in [-0.1, -0.05) is 48.5 Å². The van der Waals surface area contributed by atoms with Gasteiger partial charge in [0.25, 0.3) is 0 Å². The molecule has 0 spiro atoms. The number of rotatable bonds is 2. The van der Waals surface area contributed by atoms with Gasteiger partial charge in [0.05, 0.1) is 31.6 Å². The van der Waals surface area contributed by atoms with Gasteiger partial charge in [0.2, 0.25) is 0 Å². The number of para-hydroxylation sites is 4. The summed E-state index contributed by atoms with van der Waals surface area (Å²) in [4.78, 5) is 9.00. The number of hydrogen-bond acceptors (Lipinski definition) is 6. The maximum atomic E-state index is 9.76. The summed E-state index contributed by atoms with van der Waals surface area (Å²) in [6, 6.07) is 30.5. The molecule has 2 N–H and O–H groups in total. The summed E-state index contributed by atoms with van der Waals surface area (Å²) in [7, 11) is 0. The van der Waals surface area contributed by atoms with E-state index < -0.39 is 0 Å². The van der Waals surface area contributed by atoms with Crippen LogP contribution in [0.15, 0.2) is 97.1 Å². The van der Waals surface area contributed by atoms with Crippen LogP contribution in [0.2, 0.25) is 0 Å². The standard InChI is InChI=1S/2C13H9NOS.Sc/c2*15-11-7-3-1-5-9(11)13-14-10-6-2-4-8-12(10)16-13;/h2*1-8,15H;. The van der Waals surface area contributed by atoms with Crippen molar-refractivity contribution in [1.29, 1.82) is 0 Å². The summed E-state index contributed by atoms with van der Waals surface area (Å²) in [5, 5.41) is 21.2. The zero-order valence-corrected chi connectivity index (χ0v) is 20.9. The van der Waals surface area contributed by atoms with Crippen molar-refractivity contribution in [3.8, 4) is 32.6 Å². The number of fused-ring (bicyclic) bond motifs is 2. The monoisotopic (exact) mass is 499 g/mol. The van der Waals surface area contributed by atoms with E-state index in [2.05, 4.69) is 9.97 Å². The smallest absolute Gasteiger partial charge is 0.128 e. The van der Waals surface area contributed by atoms with Crippen molar-refractivity contribution < 1.29 is 36.1 Å². The van der Waals surface area contributed by atoms with E-state index in [9.17, 15) is 10.2 Å². The molecule has 6 aromatic rings. The molecule has 7 heteroatoms. The molecule has 6 rings (SSSR count). The van der Waals surface area contributed by atoms with Crippen LogP contribution in [0.3, 0.4) is 0 Å². The van der Waals surface area contributed by atoms with Crippen molar-refractivity contribution in [2.75, 3.05) is 0 Å². The Kier molecular flexibility index (Phi) is 7.33. The normalized spacial score (nSPS) is 10.4. The summed E-state index contributed by atoms with van der Waals surface area (Å²) >= 11 is 3.19. The number of aromatic hydroxyl groups is 2. The van der Waals surface area contributed by atoms with Crippen LogP contribution in [0.4, 0.5) is 0 Å². The Morgan fingerprint density at radius 1 is 0.485 bits per heavy atom. The van der Waals surface area contributed by atoms with Crippen molar-refractivity contribution in [2.45, 2.75) is 0 Å². The molecule has 0 aliphatic rings. The summed E-state index contributed by atoms with van der Waals surface area (Å²) in [5.41, 5.74) is 3.55. The van der Waals surface area contributed by atoms with Crippen LogP contribution in [0.25, 0.3) is 41.6 Å². The summed E-state index contributed by atoms with van der Waals surface area (Å²) < 4.78 is 2.28. The van der Waals surface area contributed by atoms with E-state index in [4.69, 9.17) is 0 Å². The minimum absolute atomic E-state index is 0. The maximum absolute atomic E-state index is 9.76. The summed E-state index contributed by atoms with van der Waals surface area (Å²) in [6.45, 7) is 0. The van der Waals surface area contributed by atoms with E-state index >= 15 is 0 Å². The molecule has 0 fully saturated rings. The van der Waals surface area contributed by atoms with Gasteiger partial charge in [0.15, 0.2) is 0 Å². The van der Waals surface area contributed by atoms with Crippen LogP contribution in [-0.2, 0) is 25.8 Å². The van der Waals surface area contributed by atoms with E-state index in [0.29, 0.717) is 0 Å². The predicted octanol–water partition coefficient (Wildman–Crippen LogP) is 7.34. The summed E-state index contributed by atoms with van der Waals surface area (Å²) in [5.74, 6) is 0.558. The first-order valence-electron chi connectivity index (χ1n) is 9.97. The van der Waals surface area contributed by atoms with Crippen LogP contribution in [0.5, 0.6) is 11.5 Å². The number of thiazole rings is 2. The topological polar surface area (TPSA) is 66.2 Å². The molecule has 2 heterocycles. The number of aromatic nitrogens is 2. The van der Waals surface area contributed by atoms with Gasteiger partial charge < -0.3 is 10.2 Å². The third kappa shape index (κ3) is 5.05. The van der Waals surface area contributed by atoms with Gasteiger partial charge in [-0.05, 0) is 48.5 Å². The molecule has 1 radical (unpaired) electrons. The molecule has 33 heavy (non-hydrogen) atoms. The average molecular weight is 500 g/mol. The zero-order valence-electron chi connectivity index (χ0n) is 17.4. The third-order valence-electron chi connectivity index (χ3n) is 4.86. The number of benzene rings is 4. The van der Waals surface area contributed by atoms with Crippen molar-refractivity contribution in [3.63, 3.8) is 0 Å². The van der Waals surface area contributed by atoms with Gasteiger partial charge in [-0.2, -0.15) is 0 Å². The third-order valence-corrected chi connectivity index (χ3v) is 7.00. The molecule has 2 aromatic heterocycles. The zero-order chi connectivity index (χ0) is 21.9. The Balaban J connectivity index is 0.000000152. The van der Waals surface area contributed by atoms with Crippen LogP contribution in [0.1, 0.15) is 0 Å². The minimum atomic E-state index is 0. The molecule has 0 saturated carbocycles. The second-order valence-electron chi connectivity index (χ2n) is 7.01. The van der Waals surface area contributed by atoms with E-state index in [0.717, 1.165) is 41.6 Å². The molecule has 0 aliphatic heterocycles. The van der Waals surface area contributed by atoms with Crippen LogP contribution < -0.4 is 0 Å².